The van der Waals surface area contributed by atoms with Gasteiger partial charge in [-0.1, -0.05) is 0 Å². The number of aromatic nitrogens is 1. The number of hydrogen-bond acceptors (Lipinski definition) is 4. The third-order valence-corrected chi connectivity index (χ3v) is 2.11. The van der Waals surface area contributed by atoms with Crippen molar-refractivity contribution in [1.29, 1.82) is 0 Å². The number of nitrogens with zero attached hydrogens (tertiary/aromatic N) is 1. The summed E-state index contributed by atoms with van der Waals surface area (Å²) in [5.41, 5.74) is 0.428. The van der Waals surface area contributed by atoms with E-state index in [1.54, 1.807) is 6.07 Å². The van der Waals surface area contributed by atoms with Gasteiger partial charge in [-0.05, 0) is 22.0 Å². The largest absolute Gasteiger partial charge is 0.491 e. The third-order valence-electron chi connectivity index (χ3n) is 1.48. The zero-order valence-corrected chi connectivity index (χ0v) is 8.79. The van der Waals surface area contributed by atoms with Gasteiger partial charge in [0.2, 0.25) is 0 Å². The molecule has 0 aliphatic heterocycles. The second-order valence-electron chi connectivity index (χ2n) is 2.20. The highest BCUT2D eigenvalue weighted by molar-refractivity contribution is 9.10. The summed E-state index contributed by atoms with van der Waals surface area (Å²) in [7, 11) is 2.97. The molecule has 0 atom stereocenters. The standard InChI is InChI=1S/C8H8BrNO3/c1-12-6-3-5(4-11)7(9)10-8(6)13-2/h3-4H,1-2H3. The van der Waals surface area contributed by atoms with Crippen LogP contribution < -0.4 is 9.47 Å². The molecule has 0 spiro atoms. The minimum atomic E-state index is 0.347. The summed E-state index contributed by atoms with van der Waals surface area (Å²) in [4.78, 5) is 14.5. The monoisotopic (exact) mass is 245 g/mol. The zero-order chi connectivity index (χ0) is 9.84. The Morgan fingerprint density at radius 1 is 1.46 bits per heavy atom. The summed E-state index contributed by atoms with van der Waals surface area (Å²) in [6.45, 7) is 0. The summed E-state index contributed by atoms with van der Waals surface area (Å²) in [5, 5.41) is 0. The van der Waals surface area contributed by atoms with Gasteiger partial charge in [-0.2, -0.15) is 0 Å². The van der Waals surface area contributed by atoms with Crippen LogP contribution in [0.1, 0.15) is 10.4 Å². The molecule has 0 unspecified atom stereocenters. The van der Waals surface area contributed by atoms with Gasteiger partial charge in [0.25, 0.3) is 5.88 Å². The van der Waals surface area contributed by atoms with Crippen LogP contribution in [0, 0.1) is 0 Å². The van der Waals surface area contributed by atoms with E-state index < -0.39 is 0 Å². The van der Waals surface area contributed by atoms with Crippen molar-refractivity contribution in [3.05, 3.63) is 16.2 Å². The number of methoxy groups -OCH3 is 2. The predicted octanol–water partition coefficient (Wildman–Crippen LogP) is 1.67. The molecule has 70 valence electrons. The fourth-order valence-electron chi connectivity index (χ4n) is 0.846. The number of aldehydes is 1. The molecule has 0 aliphatic rings. The van der Waals surface area contributed by atoms with E-state index in [0.717, 1.165) is 0 Å². The van der Waals surface area contributed by atoms with Crippen LogP contribution in [0.2, 0.25) is 0 Å². The van der Waals surface area contributed by atoms with Crippen molar-refractivity contribution in [2.45, 2.75) is 0 Å². The zero-order valence-electron chi connectivity index (χ0n) is 7.20. The minimum absolute atomic E-state index is 0.347. The molecule has 1 aromatic heterocycles. The summed E-state index contributed by atoms with van der Waals surface area (Å²) >= 11 is 3.13. The van der Waals surface area contributed by atoms with Crippen LogP contribution >= 0.6 is 15.9 Å². The first-order valence-corrected chi connectivity index (χ1v) is 4.26. The van der Waals surface area contributed by atoms with E-state index in [9.17, 15) is 4.79 Å². The van der Waals surface area contributed by atoms with E-state index >= 15 is 0 Å². The second kappa shape index (κ2) is 4.23. The number of halogens is 1. The SMILES string of the molecule is COc1cc(C=O)c(Br)nc1OC. The lowest BCUT2D eigenvalue weighted by molar-refractivity contribution is 0.112. The van der Waals surface area contributed by atoms with E-state index in [2.05, 4.69) is 20.9 Å². The Balaban J connectivity index is 3.26. The van der Waals surface area contributed by atoms with E-state index in [4.69, 9.17) is 9.47 Å². The molecule has 4 nitrogen and oxygen atoms in total. The van der Waals surface area contributed by atoms with Crippen LogP contribution in [-0.4, -0.2) is 25.5 Å². The van der Waals surface area contributed by atoms with Gasteiger partial charge in [0.15, 0.2) is 12.0 Å². The van der Waals surface area contributed by atoms with Crippen LogP contribution in [0.5, 0.6) is 11.6 Å². The fraction of sp³-hybridized carbons (Fsp3) is 0.250. The number of hydrogen-bond donors (Lipinski definition) is 0. The highest BCUT2D eigenvalue weighted by Gasteiger charge is 2.09. The van der Waals surface area contributed by atoms with Gasteiger partial charge >= 0.3 is 0 Å². The van der Waals surface area contributed by atoms with Crippen molar-refractivity contribution in [2.24, 2.45) is 0 Å². The van der Waals surface area contributed by atoms with Gasteiger partial charge in [-0.15, -0.1) is 0 Å². The number of rotatable bonds is 3. The topological polar surface area (TPSA) is 48.4 Å². The fourth-order valence-corrected chi connectivity index (χ4v) is 1.22. The van der Waals surface area contributed by atoms with Gasteiger partial charge in [0.05, 0.1) is 19.8 Å². The summed E-state index contributed by atoms with van der Waals surface area (Å²) < 4.78 is 10.3. The highest BCUT2D eigenvalue weighted by Crippen LogP contribution is 2.28. The molecule has 0 aromatic carbocycles. The molecule has 0 fully saturated rings. The van der Waals surface area contributed by atoms with Crippen LogP contribution in [-0.2, 0) is 0 Å². The Kier molecular flexibility index (Phi) is 3.25. The normalized spacial score (nSPS) is 9.46. The first kappa shape index (κ1) is 9.98. The molecular weight excluding hydrogens is 238 g/mol. The molecule has 0 saturated carbocycles. The molecular formula is C8H8BrNO3. The lowest BCUT2D eigenvalue weighted by Gasteiger charge is -2.07. The van der Waals surface area contributed by atoms with E-state index in [1.807, 2.05) is 0 Å². The number of carbonyl (C=O) groups is 1. The van der Waals surface area contributed by atoms with E-state index in [-0.39, 0.29) is 0 Å². The van der Waals surface area contributed by atoms with E-state index in [1.165, 1.54) is 14.2 Å². The smallest absolute Gasteiger partial charge is 0.257 e. The van der Waals surface area contributed by atoms with Crippen molar-refractivity contribution < 1.29 is 14.3 Å². The van der Waals surface area contributed by atoms with Crippen molar-refractivity contribution in [2.75, 3.05) is 14.2 Å². The predicted molar refractivity (Wildman–Crippen MR) is 50.4 cm³/mol. The molecule has 1 rings (SSSR count). The van der Waals surface area contributed by atoms with Crippen LogP contribution in [0.3, 0.4) is 0 Å². The summed E-state index contributed by atoms with van der Waals surface area (Å²) in [6.07, 6.45) is 0.693. The molecule has 5 heteroatoms. The average Bonchev–Trinajstić information content (AvgIpc) is 2.17. The Labute approximate surface area is 84.0 Å². The Hall–Kier alpha value is -1.10. The minimum Gasteiger partial charge on any atom is -0.491 e. The van der Waals surface area contributed by atoms with Gasteiger partial charge in [0.1, 0.15) is 4.60 Å². The molecule has 0 saturated heterocycles. The van der Waals surface area contributed by atoms with Gasteiger partial charge in [0, 0.05) is 0 Å². The molecule has 0 N–H and O–H groups in total. The maximum atomic E-state index is 10.5. The van der Waals surface area contributed by atoms with Gasteiger partial charge in [-0.3, -0.25) is 4.79 Å². The number of ether oxygens (including phenoxy) is 2. The summed E-state index contributed by atoms with van der Waals surface area (Å²) in [5.74, 6) is 0.785. The Morgan fingerprint density at radius 3 is 2.62 bits per heavy atom. The maximum absolute atomic E-state index is 10.5. The van der Waals surface area contributed by atoms with Gasteiger partial charge in [-0.25, -0.2) is 4.98 Å². The molecule has 0 bridgehead atoms. The molecule has 1 aromatic rings. The Morgan fingerprint density at radius 2 is 2.15 bits per heavy atom. The van der Waals surface area contributed by atoms with Crippen LogP contribution in [0.25, 0.3) is 0 Å². The maximum Gasteiger partial charge on any atom is 0.257 e. The molecule has 13 heavy (non-hydrogen) atoms. The lowest BCUT2D eigenvalue weighted by atomic mass is 10.3. The second-order valence-corrected chi connectivity index (χ2v) is 2.95. The first-order chi connectivity index (χ1) is 6.22. The molecule has 0 aliphatic carbocycles. The van der Waals surface area contributed by atoms with Crippen molar-refractivity contribution in [1.82, 2.24) is 4.98 Å². The average molecular weight is 246 g/mol. The molecule has 0 radical (unpaired) electrons. The van der Waals surface area contributed by atoms with Crippen molar-refractivity contribution in [3.8, 4) is 11.6 Å². The van der Waals surface area contributed by atoms with Crippen LogP contribution in [0.15, 0.2) is 10.7 Å². The van der Waals surface area contributed by atoms with Gasteiger partial charge < -0.3 is 9.47 Å². The first-order valence-electron chi connectivity index (χ1n) is 3.46. The quantitative estimate of drug-likeness (QED) is 0.601. The van der Waals surface area contributed by atoms with Crippen molar-refractivity contribution >= 4 is 22.2 Å². The van der Waals surface area contributed by atoms with Crippen molar-refractivity contribution in [3.63, 3.8) is 0 Å². The lowest BCUT2D eigenvalue weighted by Crippen LogP contribution is -1.96. The number of pyridine rings is 1. The molecule has 0 amide bonds. The number of carbonyl (C=O) groups excluding carboxylic acids is 1. The van der Waals surface area contributed by atoms with E-state index in [0.29, 0.717) is 28.1 Å². The summed E-state index contributed by atoms with van der Waals surface area (Å²) in [6, 6.07) is 1.56. The van der Waals surface area contributed by atoms with Crippen LogP contribution in [0.4, 0.5) is 0 Å². The molecule has 1 heterocycles. The highest BCUT2D eigenvalue weighted by atomic mass is 79.9. The third kappa shape index (κ3) is 1.98. The Bertz CT molecular complexity index is 327.